The van der Waals surface area contributed by atoms with Gasteiger partial charge in [0.05, 0.1) is 34.5 Å². The number of ether oxygens (including phenoxy) is 2. The molecule has 1 aliphatic rings. The van der Waals surface area contributed by atoms with Crippen LogP contribution in [0.1, 0.15) is 22.3 Å². The Hall–Kier alpha value is -3.38. The van der Waals surface area contributed by atoms with Gasteiger partial charge in [0.15, 0.2) is 0 Å². The van der Waals surface area contributed by atoms with Crippen LogP contribution in [0.15, 0.2) is 42.9 Å². The average molecular weight is 483 g/mol. The Kier molecular flexibility index (Phi) is 6.94. The minimum Gasteiger partial charge on any atom is -0.489 e. The van der Waals surface area contributed by atoms with Crippen molar-refractivity contribution in [1.82, 2.24) is 9.97 Å². The van der Waals surface area contributed by atoms with Gasteiger partial charge in [0.25, 0.3) is 0 Å². The van der Waals surface area contributed by atoms with Gasteiger partial charge < -0.3 is 20.1 Å². The first-order valence-electron chi connectivity index (χ1n) is 10.1. The molecule has 33 heavy (non-hydrogen) atoms. The molecule has 3 heterocycles. The van der Waals surface area contributed by atoms with E-state index >= 15 is 0 Å². The normalized spacial score (nSPS) is 13.4. The summed E-state index contributed by atoms with van der Waals surface area (Å²) >= 11 is 12.3. The molecule has 8 nitrogen and oxygen atoms in total. The van der Waals surface area contributed by atoms with Crippen LogP contribution < -0.4 is 15.4 Å². The molecule has 1 fully saturated rings. The summed E-state index contributed by atoms with van der Waals surface area (Å²) in [6, 6.07) is 8.88. The third kappa shape index (κ3) is 5.01. The number of benzene rings is 1. The maximum Gasteiger partial charge on any atom is 0.146 e. The summed E-state index contributed by atoms with van der Waals surface area (Å²) in [5, 5.41) is 19.2. The van der Waals surface area contributed by atoms with Crippen molar-refractivity contribution in [3.63, 3.8) is 0 Å². The van der Waals surface area contributed by atoms with Crippen LogP contribution >= 0.6 is 23.2 Å². The van der Waals surface area contributed by atoms with Crippen molar-refractivity contribution in [1.29, 1.82) is 10.7 Å². The van der Waals surface area contributed by atoms with Crippen LogP contribution in [0.25, 0.3) is 0 Å². The number of nitriles is 1. The van der Waals surface area contributed by atoms with E-state index in [1.807, 2.05) is 4.90 Å². The van der Waals surface area contributed by atoms with Crippen molar-refractivity contribution in [2.75, 3.05) is 36.9 Å². The summed E-state index contributed by atoms with van der Waals surface area (Å²) in [5.74, 6) is 1.08. The second kappa shape index (κ2) is 10.0. The molecule has 0 radical (unpaired) electrons. The van der Waals surface area contributed by atoms with Gasteiger partial charge in [0.2, 0.25) is 0 Å². The van der Waals surface area contributed by atoms with Crippen LogP contribution in [0.2, 0.25) is 10.0 Å². The highest BCUT2D eigenvalue weighted by molar-refractivity contribution is 6.35. The fraction of sp³-hybridized carbons (Fsp3) is 0.217. The Morgan fingerprint density at radius 1 is 1.18 bits per heavy atom. The van der Waals surface area contributed by atoms with Gasteiger partial charge in [0, 0.05) is 54.1 Å². The first-order valence-corrected chi connectivity index (χ1v) is 10.9. The zero-order chi connectivity index (χ0) is 23.4. The summed E-state index contributed by atoms with van der Waals surface area (Å²) in [6.07, 6.45) is 4.57. The zero-order valence-electron chi connectivity index (χ0n) is 17.5. The van der Waals surface area contributed by atoms with E-state index in [-0.39, 0.29) is 12.3 Å². The number of morpholine rings is 1. The van der Waals surface area contributed by atoms with Crippen molar-refractivity contribution >= 4 is 40.4 Å². The standard InChI is InChI=1S/C23H20Cl2N6O2/c24-19-11-29-12-20(25)18(19)13-33-16-1-2-21(27)17(8-16)22(28)15-7-14(9-26)23(30-10-15)31-3-5-32-6-4-31/h1-2,7-8,10-12,28H,3-6,13,27H2. The molecule has 2 aromatic heterocycles. The van der Waals surface area contributed by atoms with Gasteiger partial charge in [-0.15, -0.1) is 0 Å². The van der Waals surface area contributed by atoms with Gasteiger partial charge in [-0.1, -0.05) is 23.2 Å². The van der Waals surface area contributed by atoms with Crippen LogP contribution in [-0.4, -0.2) is 42.0 Å². The lowest BCUT2D eigenvalue weighted by molar-refractivity contribution is 0.122. The number of rotatable bonds is 6. The quantitative estimate of drug-likeness (QED) is 0.401. The van der Waals surface area contributed by atoms with E-state index in [9.17, 15) is 5.26 Å². The van der Waals surface area contributed by atoms with E-state index in [1.54, 1.807) is 30.5 Å². The molecule has 3 N–H and O–H groups in total. The second-order valence-corrected chi connectivity index (χ2v) is 8.12. The molecular weight excluding hydrogens is 463 g/mol. The molecule has 0 bridgehead atoms. The number of hydrogen-bond donors (Lipinski definition) is 2. The molecule has 0 spiro atoms. The van der Waals surface area contributed by atoms with Crippen LogP contribution in [-0.2, 0) is 11.3 Å². The number of nitrogens with one attached hydrogen (secondary N) is 1. The second-order valence-electron chi connectivity index (χ2n) is 7.30. The summed E-state index contributed by atoms with van der Waals surface area (Å²) in [5.41, 5.74) is 8.64. The van der Waals surface area contributed by atoms with E-state index < -0.39 is 0 Å². The lowest BCUT2D eigenvalue weighted by atomic mass is 10.0. The lowest BCUT2D eigenvalue weighted by Gasteiger charge is -2.28. The number of anilines is 2. The number of nitrogen functional groups attached to an aromatic ring is 1. The molecule has 0 aliphatic carbocycles. The number of nitrogens with two attached hydrogens (primary N) is 1. The number of halogens is 2. The molecule has 3 aromatic rings. The lowest BCUT2D eigenvalue weighted by Crippen LogP contribution is -2.37. The zero-order valence-corrected chi connectivity index (χ0v) is 19.0. The van der Waals surface area contributed by atoms with Crippen molar-refractivity contribution in [3.05, 3.63) is 75.2 Å². The largest absolute Gasteiger partial charge is 0.489 e. The minimum atomic E-state index is 0.130. The van der Waals surface area contributed by atoms with E-state index in [0.29, 0.717) is 75.9 Å². The van der Waals surface area contributed by atoms with Crippen LogP contribution in [0, 0.1) is 16.7 Å². The van der Waals surface area contributed by atoms with Gasteiger partial charge >= 0.3 is 0 Å². The van der Waals surface area contributed by atoms with Crippen molar-refractivity contribution in [2.45, 2.75) is 6.61 Å². The summed E-state index contributed by atoms with van der Waals surface area (Å²) < 4.78 is 11.2. The molecule has 0 saturated carbocycles. The maximum atomic E-state index is 9.66. The molecule has 0 amide bonds. The van der Waals surface area contributed by atoms with Crippen LogP contribution in [0.5, 0.6) is 5.75 Å². The first-order chi connectivity index (χ1) is 16.0. The predicted octanol–water partition coefficient (Wildman–Crippen LogP) is 4.07. The molecule has 0 atom stereocenters. The Labute approximate surface area is 201 Å². The van der Waals surface area contributed by atoms with Gasteiger partial charge in [0.1, 0.15) is 24.2 Å². The van der Waals surface area contributed by atoms with E-state index in [0.717, 1.165) is 0 Å². The average Bonchev–Trinajstić information content (AvgIpc) is 2.84. The molecular formula is C23H20Cl2N6O2. The van der Waals surface area contributed by atoms with Gasteiger partial charge in [-0.2, -0.15) is 5.26 Å². The highest BCUT2D eigenvalue weighted by Gasteiger charge is 2.19. The molecule has 4 rings (SSSR count). The molecule has 1 saturated heterocycles. The fourth-order valence-electron chi connectivity index (χ4n) is 3.43. The Morgan fingerprint density at radius 3 is 2.61 bits per heavy atom. The van der Waals surface area contributed by atoms with Crippen LogP contribution in [0.3, 0.4) is 0 Å². The molecule has 0 unspecified atom stereocenters. The highest BCUT2D eigenvalue weighted by Crippen LogP contribution is 2.28. The summed E-state index contributed by atoms with van der Waals surface area (Å²) in [4.78, 5) is 10.4. The Morgan fingerprint density at radius 2 is 1.91 bits per heavy atom. The number of hydrogen-bond acceptors (Lipinski definition) is 8. The molecule has 1 aromatic carbocycles. The summed E-state index contributed by atoms with van der Waals surface area (Å²) in [7, 11) is 0. The molecule has 168 valence electrons. The van der Waals surface area contributed by atoms with Gasteiger partial charge in [-0.25, -0.2) is 4.98 Å². The molecule has 1 aliphatic heterocycles. The third-order valence-electron chi connectivity index (χ3n) is 5.22. The van der Waals surface area contributed by atoms with Crippen molar-refractivity contribution in [3.8, 4) is 11.8 Å². The SMILES string of the molecule is N#Cc1cc(C(=N)c2cc(OCc3c(Cl)cncc3Cl)ccc2N)cnc1N1CCOCC1. The maximum absolute atomic E-state index is 9.66. The number of pyridine rings is 2. The number of aromatic nitrogens is 2. The summed E-state index contributed by atoms with van der Waals surface area (Å²) in [6.45, 7) is 2.63. The van der Waals surface area contributed by atoms with Gasteiger partial charge in [-0.3, -0.25) is 10.4 Å². The Balaban J connectivity index is 1.57. The third-order valence-corrected chi connectivity index (χ3v) is 5.87. The van der Waals surface area contributed by atoms with E-state index in [1.165, 1.54) is 12.4 Å². The Bertz CT molecular complexity index is 1220. The first kappa shape index (κ1) is 22.8. The minimum absolute atomic E-state index is 0.130. The predicted molar refractivity (Wildman–Crippen MR) is 127 cm³/mol. The van der Waals surface area contributed by atoms with E-state index in [4.69, 9.17) is 43.8 Å². The topological polar surface area (TPSA) is 121 Å². The smallest absolute Gasteiger partial charge is 0.146 e. The fourth-order valence-corrected chi connectivity index (χ4v) is 3.91. The van der Waals surface area contributed by atoms with Crippen LogP contribution in [0.4, 0.5) is 11.5 Å². The van der Waals surface area contributed by atoms with E-state index in [2.05, 4.69) is 16.0 Å². The molecule has 10 heteroatoms. The van der Waals surface area contributed by atoms with Gasteiger partial charge in [-0.05, 0) is 24.3 Å². The monoisotopic (exact) mass is 482 g/mol. The highest BCUT2D eigenvalue weighted by atomic mass is 35.5. The number of nitrogens with zero attached hydrogens (tertiary/aromatic N) is 4. The van der Waals surface area contributed by atoms with Crippen molar-refractivity contribution < 1.29 is 9.47 Å². The van der Waals surface area contributed by atoms with Crippen molar-refractivity contribution in [2.24, 2.45) is 0 Å².